The van der Waals surface area contributed by atoms with Gasteiger partial charge in [-0.3, -0.25) is 5.41 Å². The summed E-state index contributed by atoms with van der Waals surface area (Å²) >= 11 is 3.82. The third kappa shape index (κ3) is 2.91. The predicted molar refractivity (Wildman–Crippen MR) is 38.3 cm³/mol. The van der Waals surface area contributed by atoms with Crippen molar-refractivity contribution in [3.05, 3.63) is 4.91 Å². The van der Waals surface area contributed by atoms with Crippen LogP contribution < -0.4 is 5.73 Å². The molecule has 0 aliphatic carbocycles. The molecule has 0 aromatic carbocycles. The first-order chi connectivity index (χ1) is 4.22. The Bertz CT molecular complexity index is 116. The molecule has 6 heteroatoms. The average Bonchev–Trinajstić information content (AvgIpc) is 1.82. The van der Waals surface area contributed by atoms with Crippen molar-refractivity contribution in [1.29, 1.82) is 5.41 Å². The van der Waals surface area contributed by atoms with E-state index in [-0.39, 0.29) is 12.5 Å². The molecule has 0 fully saturated rings. The van der Waals surface area contributed by atoms with Crippen LogP contribution in [0.25, 0.3) is 0 Å². The highest BCUT2D eigenvalue weighted by molar-refractivity contribution is 7.80. The van der Waals surface area contributed by atoms with Gasteiger partial charge in [0.1, 0.15) is 0 Å². The van der Waals surface area contributed by atoms with E-state index in [1.165, 1.54) is 0 Å². The van der Waals surface area contributed by atoms with E-state index >= 15 is 0 Å². The Morgan fingerprint density at radius 2 is 2.44 bits per heavy atom. The monoisotopic (exact) mass is 148 g/mol. The third-order valence-electron chi connectivity index (χ3n) is 0.688. The number of nitrogens with one attached hydrogen (secondary N) is 1. The summed E-state index contributed by atoms with van der Waals surface area (Å²) in [6.07, 6.45) is 0. The van der Waals surface area contributed by atoms with Crippen LogP contribution in [0.15, 0.2) is 5.29 Å². The van der Waals surface area contributed by atoms with Crippen molar-refractivity contribution in [3.63, 3.8) is 0 Å². The molecule has 0 aromatic heterocycles. The summed E-state index contributed by atoms with van der Waals surface area (Å²) in [7, 11) is 0. The Morgan fingerprint density at radius 1 is 1.89 bits per heavy atom. The van der Waals surface area contributed by atoms with Crippen LogP contribution in [0, 0.1) is 10.3 Å². The van der Waals surface area contributed by atoms with Crippen LogP contribution in [0.5, 0.6) is 0 Å². The van der Waals surface area contributed by atoms with Crippen LogP contribution in [-0.4, -0.2) is 23.3 Å². The van der Waals surface area contributed by atoms with E-state index in [1.54, 1.807) is 0 Å². The zero-order valence-electron chi connectivity index (χ0n) is 4.74. The number of hydrogen-bond acceptors (Lipinski definition) is 4. The van der Waals surface area contributed by atoms with E-state index in [1.807, 2.05) is 0 Å². The lowest BCUT2D eigenvalue weighted by molar-refractivity contribution is 0.460. The fourth-order valence-electron chi connectivity index (χ4n) is 0.300. The van der Waals surface area contributed by atoms with E-state index < -0.39 is 0 Å². The minimum Gasteiger partial charge on any atom is -0.368 e. The lowest BCUT2D eigenvalue weighted by Crippen LogP contribution is -2.32. The molecule has 0 aromatic rings. The number of nitrogens with zero attached hydrogens (tertiary/aromatic N) is 2. The van der Waals surface area contributed by atoms with Gasteiger partial charge in [0.2, 0.25) is 5.96 Å². The second-order valence-corrected chi connectivity index (χ2v) is 1.76. The number of nitrogens with two attached hydrogens (primary N) is 1. The third-order valence-corrected chi connectivity index (χ3v) is 0.888. The van der Waals surface area contributed by atoms with Gasteiger partial charge in [-0.05, 0) is 0 Å². The maximum absolute atomic E-state index is 9.76. The molecule has 5 nitrogen and oxygen atoms in total. The number of nitroso groups, excluding NO2 is 1. The maximum Gasteiger partial charge on any atom is 0.211 e. The quantitative estimate of drug-likeness (QED) is 0.170. The summed E-state index contributed by atoms with van der Waals surface area (Å²) in [6, 6.07) is 0. The maximum atomic E-state index is 9.76. The fourth-order valence-corrected chi connectivity index (χ4v) is 0.489. The van der Waals surface area contributed by atoms with Crippen molar-refractivity contribution in [2.75, 3.05) is 12.3 Å². The molecule has 0 saturated carbocycles. The van der Waals surface area contributed by atoms with Gasteiger partial charge < -0.3 is 5.73 Å². The van der Waals surface area contributed by atoms with E-state index in [2.05, 4.69) is 17.9 Å². The second-order valence-electron chi connectivity index (χ2n) is 1.31. The molecule has 0 atom stereocenters. The van der Waals surface area contributed by atoms with E-state index in [4.69, 9.17) is 11.1 Å². The van der Waals surface area contributed by atoms with Crippen molar-refractivity contribution in [2.45, 2.75) is 0 Å². The van der Waals surface area contributed by atoms with Crippen LogP contribution in [0.1, 0.15) is 0 Å². The van der Waals surface area contributed by atoms with Crippen molar-refractivity contribution in [3.8, 4) is 0 Å². The summed E-state index contributed by atoms with van der Waals surface area (Å²) < 4.78 is 0. The van der Waals surface area contributed by atoms with Gasteiger partial charge in [0.15, 0.2) is 0 Å². The Balaban J connectivity index is 3.68. The first kappa shape index (κ1) is 8.22. The van der Waals surface area contributed by atoms with Crippen LogP contribution in [0.4, 0.5) is 0 Å². The highest BCUT2D eigenvalue weighted by Gasteiger charge is 2.02. The van der Waals surface area contributed by atoms with Crippen LogP contribution >= 0.6 is 12.6 Å². The average molecular weight is 148 g/mol. The summed E-state index contributed by atoms with van der Waals surface area (Å²) in [6.45, 7) is 0.280. The van der Waals surface area contributed by atoms with E-state index in [0.29, 0.717) is 5.75 Å². The van der Waals surface area contributed by atoms with Gasteiger partial charge in [-0.2, -0.15) is 17.6 Å². The number of thiol groups is 1. The summed E-state index contributed by atoms with van der Waals surface area (Å²) in [5, 5.41) is 10.0. The number of rotatable bonds is 3. The molecule has 0 spiro atoms. The van der Waals surface area contributed by atoms with Crippen molar-refractivity contribution in [1.82, 2.24) is 5.01 Å². The molecule has 0 bridgehead atoms. The first-order valence-corrected chi connectivity index (χ1v) is 2.91. The summed E-state index contributed by atoms with van der Waals surface area (Å²) in [5.74, 6) is 0.102. The van der Waals surface area contributed by atoms with Gasteiger partial charge in [0.25, 0.3) is 0 Å². The van der Waals surface area contributed by atoms with Gasteiger partial charge in [-0.25, -0.2) is 0 Å². The molecule has 0 saturated heterocycles. The zero-order valence-corrected chi connectivity index (χ0v) is 5.64. The SMILES string of the molecule is N=C(N)N(CCS)N=O. The van der Waals surface area contributed by atoms with Crippen LogP contribution in [-0.2, 0) is 0 Å². The first-order valence-electron chi connectivity index (χ1n) is 2.28. The molecule has 0 aliphatic heterocycles. The highest BCUT2D eigenvalue weighted by atomic mass is 32.1. The normalized spacial score (nSPS) is 8.56. The largest absolute Gasteiger partial charge is 0.368 e. The number of guanidine groups is 1. The van der Waals surface area contributed by atoms with Gasteiger partial charge in [0, 0.05) is 5.75 Å². The highest BCUT2D eigenvalue weighted by Crippen LogP contribution is 1.86. The summed E-state index contributed by atoms with van der Waals surface area (Å²) in [5.41, 5.74) is 4.91. The molecular weight excluding hydrogens is 140 g/mol. The molecule has 0 aliphatic rings. The van der Waals surface area contributed by atoms with Crippen molar-refractivity contribution in [2.24, 2.45) is 11.0 Å². The Morgan fingerprint density at radius 3 is 2.56 bits per heavy atom. The molecule has 0 rings (SSSR count). The van der Waals surface area contributed by atoms with Crippen LogP contribution in [0.3, 0.4) is 0 Å². The van der Waals surface area contributed by atoms with Crippen molar-refractivity contribution < 1.29 is 0 Å². The lowest BCUT2D eigenvalue weighted by Gasteiger charge is -2.08. The van der Waals surface area contributed by atoms with E-state index in [9.17, 15) is 4.91 Å². The van der Waals surface area contributed by atoms with Gasteiger partial charge >= 0.3 is 0 Å². The Hall–Kier alpha value is -0.780. The van der Waals surface area contributed by atoms with Crippen LogP contribution in [0.2, 0.25) is 0 Å². The minimum atomic E-state index is -0.348. The fraction of sp³-hybridized carbons (Fsp3) is 0.667. The predicted octanol–water partition coefficient (Wildman–Crippen LogP) is -0.207. The summed E-state index contributed by atoms with van der Waals surface area (Å²) in [4.78, 5) is 9.76. The van der Waals surface area contributed by atoms with Gasteiger partial charge in [0.05, 0.1) is 11.8 Å². The van der Waals surface area contributed by atoms with Crippen molar-refractivity contribution >= 4 is 18.6 Å². The Kier molecular flexibility index (Phi) is 3.78. The zero-order chi connectivity index (χ0) is 7.28. The molecule has 0 amide bonds. The lowest BCUT2D eigenvalue weighted by atomic mass is 10.7. The minimum absolute atomic E-state index is 0.280. The molecule has 0 radical (unpaired) electrons. The second kappa shape index (κ2) is 4.13. The Labute approximate surface area is 58.1 Å². The molecule has 3 N–H and O–H groups in total. The smallest absolute Gasteiger partial charge is 0.211 e. The number of hydrogen-bond donors (Lipinski definition) is 3. The molecule has 0 heterocycles. The van der Waals surface area contributed by atoms with Gasteiger partial charge in [-0.1, -0.05) is 0 Å². The van der Waals surface area contributed by atoms with Gasteiger partial charge in [-0.15, -0.1) is 4.91 Å². The topological polar surface area (TPSA) is 82.5 Å². The molecule has 52 valence electrons. The molecular formula is C3H8N4OS. The molecule has 0 unspecified atom stereocenters. The standard InChI is InChI=1S/C3H8N4OS/c4-3(5)7(6-8)1-2-9/h9H,1-2H2,(H3,4,5). The van der Waals surface area contributed by atoms with E-state index in [0.717, 1.165) is 5.01 Å². The molecule has 9 heavy (non-hydrogen) atoms.